The summed E-state index contributed by atoms with van der Waals surface area (Å²) in [6.45, 7) is 1.39. The van der Waals surface area contributed by atoms with Crippen LogP contribution in [0, 0.1) is 5.92 Å². The summed E-state index contributed by atoms with van der Waals surface area (Å²) in [4.78, 5) is 27.7. The number of piperidine rings is 1. The van der Waals surface area contributed by atoms with Gasteiger partial charge in [0, 0.05) is 25.9 Å². The van der Waals surface area contributed by atoms with Crippen molar-refractivity contribution in [3.63, 3.8) is 0 Å². The summed E-state index contributed by atoms with van der Waals surface area (Å²) in [6, 6.07) is 3.19. The van der Waals surface area contributed by atoms with Crippen molar-refractivity contribution in [2.75, 3.05) is 19.7 Å². The Kier molecular flexibility index (Phi) is 3.58. The Morgan fingerprint density at radius 1 is 1.47 bits per heavy atom. The van der Waals surface area contributed by atoms with Crippen molar-refractivity contribution in [2.45, 2.75) is 12.8 Å². The van der Waals surface area contributed by atoms with Gasteiger partial charge in [-0.3, -0.25) is 9.59 Å². The van der Waals surface area contributed by atoms with E-state index in [0.717, 1.165) is 12.8 Å². The van der Waals surface area contributed by atoms with Gasteiger partial charge in [0.15, 0.2) is 0 Å². The van der Waals surface area contributed by atoms with Gasteiger partial charge in [-0.25, -0.2) is 0 Å². The SMILES string of the molecule is O=C(c1ccc[nH]c1=O)N1CCC(CO)CC1. The second kappa shape index (κ2) is 5.14. The maximum Gasteiger partial charge on any atom is 0.260 e. The van der Waals surface area contributed by atoms with Crippen LogP contribution in [0.5, 0.6) is 0 Å². The summed E-state index contributed by atoms with van der Waals surface area (Å²) >= 11 is 0. The van der Waals surface area contributed by atoms with Crippen molar-refractivity contribution in [3.05, 3.63) is 34.2 Å². The molecule has 1 aliphatic rings. The molecule has 1 aromatic heterocycles. The Labute approximate surface area is 99.1 Å². The fourth-order valence-corrected chi connectivity index (χ4v) is 2.08. The number of carbonyl (C=O) groups excluding carboxylic acids is 1. The third-order valence-corrected chi connectivity index (χ3v) is 3.21. The summed E-state index contributed by atoms with van der Waals surface area (Å²) < 4.78 is 0. The number of aliphatic hydroxyl groups excluding tert-OH is 1. The van der Waals surface area contributed by atoms with E-state index in [9.17, 15) is 9.59 Å². The summed E-state index contributed by atoms with van der Waals surface area (Å²) in [5.41, 5.74) is -0.156. The number of H-pyrrole nitrogens is 1. The maximum atomic E-state index is 12.1. The van der Waals surface area contributed by atoms with Gasteiger partial charge in [0.1, 0.15) is 5.56 Å². The predicted octanol–water partition coefficient (Wildman–Crippen LogP) is 0.219. The minimum Gasteiger partial charge on any atom is -0.396 e. The van der Waals surface area contributed by atoms with Crippen LogP contribution in [0.4, 0.5) is 0 Å². The number of nitrogens with zero attached hydrogens (tertiary/aromatic N) is 1. The molecule has 2 rings (SSSR count). The molecule has 0 unspecified atom stereocenters. The summed E-state index contributed by atoms with van der Waals surface area (Å²) in [5.74, 6) is 0.0661. The van der Waals surface area contributed by atoms with Gasteiger partial charge < -0.3 is 15.0 Å². The molecule has 1 saturated heterocycles. The van der Waals surface area contributed by atoms with Gasteiger partial charge >= 0.3 is 0 Å². The zero-order valence-electron chi connectivity index (χ0n) is 9.56. The summed E-state index contributed by atoms with van der Waals surface area (Å²) in [5, 5.41) is 9.02. The zero-order valence-corrected chi connectivity index (χ0v) is 9.56. The monoisotopic (exact) mass is 236 g/mol. The number of nitrogens with one attached hydrogen (secondary N) is 1. The van der Waals surface area contributed by atoms with Crippen LogP contribution < -0.4 is 5.56 Å². The number of hydrogen-bond acceptors (Lipinski definition) is 3. The highest BCUT2D eigenvalue weighted by molar-refractivity contribution is 5.93. The van der Waals surface area contributed by atoms with E-state index in [0.29, 0.717) is 13.1 Å². The average molecular weight is 236 g/mol. The van der Waals surface area contributed by atoms with Crippen molar-refractivity contribution >= 4 is 5.91 Å². The fraction of sp³-hybridized carbons (Fsp3) is 0.500. The van der Waals surface area contributed by atoms with E-state index in [1.807, 2.05) is 0 Å². The van der Waals surface area contributed by atoms with Crippen molar-refractivity contribution in [1.82, 2.24) is 9.88 Å². The van der Waals surface area contributed by atoms with Crippen molar-refractivity contribution in [3.8, 4) is 0 Å². The molecule has 17 heavy (non-hydrogen) atoms. The van der Waals surface area contributed by atoms with Crippen LogP contribution in [-0.2, 0) is 0 Å². The third-order valence-electron chi connectivity index (χ3n) is 3.21. The van der Waals surface area contributed by atoms with Gasteiger partial charge in [0.25, 0.3) is 11.5 Å². The number of aromatic nitrogens is 1. The lowest BCUT2D eigenvalue weighted by Crippen LogP contribution is -2.41. The molecule has 1 amide bonds. The van der Waals surface area contributed by atoms with Gasteiger partial charge in [-0.15, -0.1) is 0 Å². The molecule has 2 N–H and O–H groups in total. The zero-order chi connectivity index (χ0) is 12.3. The number of pyridine rings is 1. The van der Waals surface area contributed by atoms with Crippen LogP contribution in [-0.4, -0.2) is 40.6 Å². The second-order valence-corrected chi connectivity index (χ2v) is 4.33. The Bertz CT molecular complexity index is 447. The van der Waals surface area contributed by atoms with E-state index in [4.69, 9.17) is 5.11 Å². The Morgan fingerprint density at radius 3 is 2.76 bits per heavy atom. The normalized spacial score (nSPS) is 17.1. The van der Waals surface area contributed by atoms with E-state index in [1.54, 1.807) is 17.0 Å². The number of likely N-dealkylation sites (tertiary alicyclic amines) is 1. The molecule has 0 bridgehead atoms. The van der Waals surface area contributed by atoms with Crippen LogP contribution in [0.3, 0.4) is 0 Å². The molecule has 0 radical (unpaired) electrons. The first-order chi connectivity index (χ1) is 8.22. The largest absolute Gasteiger partial charge is 0.396 e. The van der Waals surface area contributed by atoms with Crippen LogP contribution in [0.2, 0.25) is 0 Å². The molecule has 2 heterocycles. The number of aromatic amines is 1. The quantitative estimate of drug-likeness (QED) is 0.771. The highest BCUT2D eigenvalue weighted by Crippen LogP contribution is 2.17. The van der Waals surface area contributed by atoms with Crippen LogP contribution in [0.15, 0.2) is 23.1 Å². The first-order valence-corrected chi connectivity index (χ1v) is 5.80. The average Bonchev–Trinajstić information content (AvgIpc) is 2.39. The van der Waals surface area contributed by atoms with E-state index in [-0.39, 0.29) is 29.6 Å². The van der Waals surface area contributed by atoms with Gasteiger partial charge in [-0.05, 0) is 30.9 Å². The fourth-order valence-electron chi connectivity index (χ4n) is 2.08. The van der Waals surface area contributed by atoms with E-state index in [1.165, 1.54) is 6.20 Å². The minimum atomic E-state index is -0.346. The minimum absolute atomic E-state index is 0.175. The van der Waals surface area contributed by atoms with Crippen molar-refractivity contribution in [2.24, 2.45) is 5.92 Å². The molecule has 0 atom stereocenters. The summed E-state index contributed by atoms with van der Waals surface area (Å²) in [6.07, 6.45) is 3.11. The van der Waals surface area contributed by atoms with Crippen LogP contribution in [0.1, 0.15) is 23.2 Å². The lowest BCUT2D eigenvalue weighted by atomic mass is 9.97. The molecular formula is C12H16N2O3. The van der Waals surface area contributed by atoms with E-state index < -0.39 is 0 Å². The first kappa shape index (κ1) is 11.9. The highest BCUT2D eigenvalue weighted by atomic mass is 16.3. The van der Waals surface area contributed by atoms with Crippen LogP contribution in [0.25, 0.3) is 0 Å². The van der Waals surface area contributed by atoms with Gasteiger partial charge in [0.2, 0.25) is 0 Å². The molecular weight excluding hydrogens is 220 g/mol. The molecule has 0 aromatic carbocycles. The predicted molar refractivity (Wildman–Crippen MR) is 62.8 cm³/mol. The Morgan fingerprint density at radius 2 is 2.18 bits per heavy atom. The number of rotatable bonds is 2. The standard InChI is InChI=1S/C12H16N2O3/c15-8-9-3-6-14(7-4-9)12(17)10-2-1-5-13-11(10)16/h1-2,5,9,15H,3-4,6-8H2,(H,13,16). The molecule has 1 fully saturated rings. The molecule has 0 aliphatic carbocycles. The van der Waals surface area contributed by atoms with Gasteiger partial charge in [-0.1, -0.05) is 0 Å². The summed E-state index contributed by atoms with van der Waals surface area (Å²) in [7, 11) is 0. The van der Waals surface area contributed by atoms with E-state index >= 15 is 0 Å². The van der Waals surface area contributed by atoms with Gasteiger partial charge in [0.05, 0.1) is 0 Å². The first-order valence-electron chi connectivity index (χ1n) is 5.80. The number of amides is 1. The van der Waals surface area contributed by atoms with Crippen molar-refractivity contribution < 1.29 is 9.90 Å². The molecule has 1 aliphatic heterocycles. The highest BCUT2D eigenvalue weighted by Gasteiger charge is 2.24. The number of aliphatic hydroxyl groups is 1. The lowest BCUT2D eigenvalue weighted by molar-refractivity contribution is 0.0649. The number of hydrogen-bond donors (Lipinski definition) is 2. The maximum absolute atomic E-state index is 12.1. The molecule has 1 aromatic rings. The number of carbonyl (C=O) groups is 1. The van der Waals surface area contributed by atoms with Crippen LogP contribution >= 0.6 is 0 Å². The molecule has 5 heteroatoms. The Hall–Kier alpha value is -1.62. The smallest absolute Gasteiger partial charge is 0.260 e. The lowest BCUT2D eigenvalue weighted by Gasteiger charge is -2.30. The molecule has 0 saturated carbocycles. The van der Waals surface area contributed by atoms with Crippen molar-refractivity contribution in [1.29, 1.82) is 0 Å². The molecule has 0 spiro atoms. The molecule has 5 nitrogen and oxygen atoms in total. The molecule has 92 valence electrons. The topological polar surface area (TPSA) is 73.4 Å². The van der Waals surface area contributed by atoms with E-state index in [2.05, 4.69) is 4.98 Å². The Balaban J connectivity index is 2.07. The third kappa shape index (κ3) is 2.55. The second-order valence-electron chi connectivity index (χ2n) is 4.33. The van der Waals surface area contributed by atoms with Gasteiger partial charge in [-0.2, -0.15) is 0 Å².